The van der Waals surface area contributed by atoms with Crippen LogP contribution in [0.5, 0.6) is 11.5 Å². The molecule has 160 valence electrons. The summed E-state index contributed by atoms with van der Waals surface area (Å²) in [6.07, 6.45) is 1.82. The van der Waals surface area contributed by atoms with E-state index >= 15 is 0 Å². The zero-order valence-corrected chi connectivity index (χ0v) is 17.7. The maximum Gasteiger partial charge on any atom is 0.322 e. The normalized spacial score (nSPS) is 15.7. The van der Waals surface area contributed by atoms with Gasteiger partial charge in [-0.1, -0.05) is 12.1 Å². The number of carbonyl (C=O) groups excluding carboxylic acids is 2. The van der Waals surface area contributed by atoms with E-state index in [1.54, 1.807) is 36.3 Å². The van der Waals surface area contributed by atoms with Crippen molar-refractivity contribution in [2.24, 2.45) is 0 Å². The van der Waals surface area contributed by atoms with Crippen LogP contribution < -0.4 is 20.1 Å². The van der Waals surface area contributed by atoms with Crippen LogP contribution in [-0.2, 0) is 0 Å². The van der Waals surface area contributed by atoms with Crippen molar-refractivity contribution in [1.82, 2.24) is 10.2 Å². The number of hydrogen-bond donors (Lipinski definition) is 2. The van der Waals surface area contributed by atoms with Gasteiger partial charge in [0, 0.05) is 18.2 Å². The first-order valence-corrected chi connectivity index (χ1v) is 10.2. The van der Waals surface area contributed by atoms with Crippen molar-refractivity contribution in [3.8, 4) is 11.5 Å². The third-order valence-electron chi connectivity index (χ3n) is 4.97. The van der Waals surface area contributed by atoms with Crippen LogP contribution in [0.2, 0.25) is 0 Å². The molecule has 0 radical (unpaired) electrons. The van der Waals surface area contributed by atoms with E-state index in [-0.39, 0.29) is 24.0 Å². The lowest BCUT2D eigenvalue weighted by Gasteiger charge is -2.25. The smallest absolute Gasteiger partial charge is 0.322 e. The molecule has 3 amide bonds. The zero-order valence-electron chi connectivity index (χ0n) is 17.7. The fourth-order valence-corrected chi connectivity index (χ4v) is 3.45. The van der Waals surface area contributed by atoms with E-state index in [1.165, 1.54) is 0 Å². The number of urea groups is 1. The lowest BCUT2D eigenvalue weighted by molar-refractivity contribution is 0.0943. The molecule has 2 aromatic carbocycles. The Morgan fingerprint density at radius 3 is 2.57 bits per heavy atom. The van der Waals surface area contributed by atoms with Crippen molar-refractivity contribution in [1.29, 1.82) is 0 Å². The highest BCUT2D eigenvalue weighted by molar-refractivity contribution is 5.94. The van der Waals surface area contributed by atoms with Crippen molar-refractivity contribution < 1.29 is 19.1 Å². The highest BCUT2D eigenvalue weighted by Gasteiger charge is 2.29. The van der Waals surface area contributed by atoms with Crippen molar-refractivity contribution in [3.05, 3.63) is 54.1 Å². The molecule has 0 saturated carbocycles. The molecule has 0 aromatic heterocycles. The van der Waals surface area contributed by atoms with Gasteiger partial charge in [0.05, 0.1) is 18.8 Å². The molecule has 1 fully saturated rings. The Morgan fingerprint density at radius 1 is 1.13 bits per heavy atom. The van der Waals surface area contributed by atoms with Gasteiger partial charge in [-0.15, -0.1) is 0 Å². The van der Waals surface area contributed by atoms with Crippen LogP contribution in [-0.4, -0.2) is 49.2 Å². The zero-order chi connectivity index (χ0) is 21.5. The van der Waals surface area contributed by atoms with Crippen molar-refractivity contribution in [2.75, 3.05) is 25.6 Å². The summed E-state index contributed by atoms with van der Waals surface area (Å²) in [4.78, 5) is 26.6. The Bertz CT molecular complexity index is 867. The predicted octanol–water partition coefficient (Wildman–Crippen LogP) is 3.91. The molecule has 0 aliphatic carbocycles. The number of methoxy groups -OCH3 is 1. The molecule has 1 atom stereocenters. The largest absolute Gasteiger partial charge is 0.495 e. The van der Waals surface area contributed by atoms with Gasteiger partial charge in [-0.3, -0.25) is 4.79 Å². The van der Waals surface area contributed by atoms with Gasteiger partial charge in [0.25, 0.3) is 5.91 Å². The van der Waals surface area contributed by atoms with Gasteiger partial charge >= 0.3 is 6.03 Å². The minimum atomic E-state index is -0.161. The molecule has 0 spiro atoms. The number of ether oxygens (including phenoxy) is 2. The quantitative estimate of drug-likeness (QED) is 0.724. The molecule has 3 rings (SSSR count). The Labute approximate surface area is 177 Å². The summed E-state index contributed by atoms with van der Waals surface area (Å²) in [6, 6.07) is 14.3. The maximum absolute atomic E-state index is 12.8. The molecule has 1 unspecified atom stereocenters. The van der Waals surface area contributed by atoms with Crippen molar-refractivity contribution in [3.63, 3.8) is 0 Å². The number of carbonyl (C=O) groups is 2. The highest BCUT2D eigenvalue weighted by Crippen LogP contribution is 2.25. The van der Waals surface area contributed by atoms with Gasteiger partial charge in [-0.05, 0) is 63.1 Å². The number of rotatable bonds is 7. The number of para-hydroxylation sites is 2. The molecule has 7 heteroatoms. The molecule has 7 nitrogen and oxygen atoms in total. The average molecular weight is 412 g/mol. The molecule has 1 heterocycles. The summed E-state index contributed by atoms with van der Waals surface area (Å²) < 4.78 is 11.2. The number of nitrogens with one attached hydrogen (secondary N) is 2. The lowest BCUT2D eigenvalue weighted by Crippen LogP contribution is -2.41. The molecule has 30 heavy (non-hydrogen) atoms. The maximum atomic E-state index is 12.8. The fourth-order valence-electron chi connectivity index (χ4n) is 3.45. The third kappa shape index (κ3) is 5.43. The fraction of sp³-hybridized carbons (Fsp3) is 0.391. The molecule has 2 aromatic rings. The van der Waals surface area contributed by atoms with Gasteiger partial charge in [-0.25, -0.2) is 4.79 Å². The van der Waals surface area contributed by atoms with Crippen LogP contribution in [0.4, 0.5) is 10.5 Å². The first-order chi connectivity index (χ1) is 14.5. The SMILES string of the molecule is COc1ccccc1NC(=O)N1CCCC1COc1ccc(C(=O)NC(C)C)cc1. The summed E-state index contributed by atoms with van der Waals surface area (Å²) in [5.41, 5.74) is 1.24. The van der Waals surface area contributed by atoms with Crippen LogP contribution in [0.15, 0.2) is 48.5 Å². The monoisotopic (exact) mass is 411 g/mol. The molecule has 0 bridgehead atoms. The molecule has 2 N–H and O–H groups in total. The van der Waals surface area contributed by atoms with E-state index in [2.05, 4.69) is 10.6 Å². The summed E-state index contributed by atoms with van der Waals surface area (Å²) >= 11 is 0. The minimum Gasteiger partial charge on any atom is -0.495 e. The second-order valence-electron chi connectivity index (χ2n) is 7.58. The first-order valence-electron chi connectivity index (χ1n) is 10.2. The Balaban J connectivity index is 1.56. The van der Waals surface area contributed by atoms with Gasteiger partial charge in [-0.2, -0.15) is 0 Å². The number of anilines is 1. The Kier molecular flexibility index (Phi) is 7.17. The average Bonchev–Trinajstić information content (AvgIpc) is 3.21. The summed E-state index contributed by atoms with van der Waals surface area (Å²) in [7, 11) is 1.58. The lowest BCUT2D eigenvalue weighted by atomic mass is 10.2. The second kappa shape index (κ2) is 10.0. The summed E-state index contributed by atoms with van der Waals surface area (Å²) in [5, 5.41) is 5.79. The van der Waals surface area contributed by atoms with Crippen LogP contribution in [0.3, 0.4) is 0 Å². The highest BCUT2D eigenvalue weighted by atomic mass is 16.5. The van der Waals surface area contributed by atoms with Crippen LogP contribution in [0.1, 0.15) is 37.0 Å². The number of benzene rings is 2. The van der Waals surface area contributed by atoms with E-state index < -0.39 is 0 Å². The molecule has 1 saturated heterocycles. The number of hydrogen-bond acceptors (Lipinski definition) is 4. The van der Waals surface area contributed by atoms with Gasteiger partial charge in [0.1, 0.15) is 18.1 Å². The van der Waals surface area contributed by atoms with Crippen LogP contribution in [0.25, 0.3) is 0 Å². The summed E-state index contributed by atoms with van der Waals surface area (Å²) in [6.45, 7) is 4.93. The Morgan fingerprint density at radius 2 is 1.87 bits per heavy atom. The second-order valence-corrected chi connectivity index (χ2v) is 7.58. The van der Waals surface area contributed by atoms with Gasteiger partial charge in [0.2, 0.25) is 0 Å². The number of nitrogens with zero attached hydrogens (tertiary/aromatic N) is 1. The van der Waals surface area contributed by atoms with E-state index in [9.17, 15) is 9.59 Å². The van der Waals surface area contributed by atoms with Gasteiger partial charge in [0.15, 0.2) is 0 Å². The minimum absolute atomic E-state index is 0.0105. The van der Waals surface area contributed by atoms with E-state index in [0.29, 0.717) is 35.9 Å². The van der Waals surface area contributed by atoms with Gasteiger partial charge < -0.3 is 25.0 Å². The van der Waals surface area contributed by atoms with E-state index in [1.807, 2.05) is 38.1 Å². The predicted molar refractivity (Wildman–Crippen MR) is 116 cm³/mol. The topological polar surface area (TPSA) is 79.9 Å². The van der Waals surface area contributed by atoms with Crippen molar-refractivity contribution in [2.45, 2.75) is 38.8 Å². The summed E-state index contributed by atoms with van der Waals surface area (Å²) in [5.74, 6) is 1.19. The first kappa shape index (κ1) is 21.5. The number of amides is 3. The molecule has 1 aliphatic rings. The Hall–Kier alpha value is -3.22. The standard InChI is InChI=1S/C23H29N3O4/c1-16(2)24-22(27)17-10-12-19(13-11-17)30-15-18-7-6-14-26(18)23(28)25-20-8-4-5-9-21(20)29-3/h4-5,8-13,16,18H,6-7,14-15H2,1-3H3,(H,24,27)(H,25,28). The molecular weight excluding hydrogens is 382 g/mol. The number of likely N-dealkylation sites (tertiary alicyclic amines) is 1. The van der Waals surface area contributed by atoms with E-state index in [4.69, 9.17) is 9.47 Å². The molecule has 1 aliphatic heterocycles. The molecular formula is C23H29N3O4. The van der Waals surface area contributed by atoms with Crippen LogP contribution in [0, 0.1) is 0 Å². The third-order valence-corrected chi connectivity index (χ3v) is 4.97. The van der Waals surface area contributed by atoms with E-state index in [0.717, 1.165) is 12.8 Å². The van der Waals surface area contributed by atoms with Crippen LogP contribution >= 0.6 is 0 Å². The van der Waals surface area contributed by atoms with Crippen molar-refractivity contribution >= 4 is 17.6 Å².